The van der Waals surface area contributed by atoms with E-state index in [1.807, 2.05) is 11.3 Å². The molecule has 1 aromatic rings. The molecule has 2 saturated carbocycles. The fourth-order valence-electron chi connectivity index (χ4n) is 3.29. The Morgan fingerprint density at radius 2 is 1.89 bits per heavy atom. The number of rotatable bonds is 3. The molecule has 0 radical (unpaired) electrons. The SMILES string of the molecule is Cc1nc(C2(NC3CC3)CCC(C)C(C)C2)sc1C. The maximum atomic E-state index is 4.90. The van der Waals surface area contributed by atoms with E-state index >= 15 is 0 Å². The number of aryl methyl sites for hydroxylation is 2. The molecule has 2 fully saturated rings. The molecule has 2 nitrogen and oxygen atoms in total. The van der Waals surface area contributed by atoms with E-state index in [1.54, 1.807) is 0 Å². The van der Waals surface area contributed by atoms with Gasteiger partial charge in [-0.2, -0.15) is 0 Å². The van der Waals surface area contributed by atoms with E-state index in [0.29, 0.717) is 0 Å². The number of hydrogen-bond acceptors (Lipinski definition) is 3. The summed E-state index contributed by atoms with van der Waals surface area (Å²) in [5.41, 5.74) is 1.40. The normalized spacial score (nSPS) is 35.6. The van der Waals surface area contributed by atoms with Crippen LogP contribution < -0.4 is 5.32 Å². The molecule has 1 N–H and O–H groups in total. The van der Waals surface area contributed by atoms with E-state index < -0.39 is 0 Å². The van der Waals surface area contributed by atoms with Crippen LogP contribution in [0.5, 0.6) is 0 Å². The predicted octanol–water partition coefficient (Wildman–Crippen LogP) is 4.16. The molecular formula is C16H26N2S. The molecule has 106 valence electrons. The fourth-order valence-corrected chi connectivity index (χ4v) is 4.40. The van der Waals surface area contributed by atoms with Crippen LogP contribution >= 0.6 is 11.3 Å². The Hall–Kier alpha value is -0.410. The van der Waals surface area contributed by atoms with E-state index in [-0.39, 0.29) is 5.54 Å². The highest BCUT2D eigenvalue weighted by molar-refractivity contribution is 7.11. The van der Waals surface area contributed by atoms with Crippen LogP contribution in [-0.4, -0.2) is 11.0 Å². The van der Waals surface area contributed by atoms with Crippen molar-refractivity contribution in [3.8, 4) is 0 Å². The van der Waals surface area contributed by atoms with Crippen LogP contribution in [-0.2, 0) is 5.54 Å². The summed E-state index contributed by atoms with van der Waals surface area (Å²) in [6, 6.07) is 0.755. The summed E-state index contributed by atoms with van der Waals surface area (Å²) in [5, 5.41) is 5.32. The molecule has 1 heterocycles. The van der Waals surface area contributed by atoms with Crippen molar-refractivity contribution in [2.75, 3.05) is 0 Å². The Balaban J connectivity index is 1.91. The quantitative estimate of drug-likeness (QED) is 0.898. The number of nitrogens with one attached hydrogen (secondary N) is 1. The lowest BCUT2D eigenvalue weighted by atomic mass is 9.71. The number of thiazole rings is 1. The minimum atomic E-state index is 0.177. The van der Waals surface area contributed by atoms with E-state index in [0.717, 1.165) is 17.9 Å². The molecule has 3 heteroatoms. The number of nitrogens with zero attached hydrogens (tertiary/aromatic N) is 1. The van der Waals surface area contributed by atoms with Gasteiger partial charge in [0.1, 0.15) is 5.01 Å². The lowest BCUT2D eigenvalue weighted by Crippen LogP contribution is -2.48. The third-order valence-corrected chi connectivity index (χ3v) is 6.44. The molecule has 19 heavy (non-hydrogen) atoms. The predicted molar refractivity (Wildman–Crippen MR) is 81.6 cm³/mol. The van der Waals surface area contributed by atoms with E-state index in [4.69, 9.17) is 4.98 Å². The average Bonchev–Trinajstić information content (AvgIpc) is 3.10. The molecule has 0 amide bonds. The molecule has 3 rings (SSSR count). The maximum Gasteiger partial charge on any atom is 0.113 e. The van der Waals surface area contributed by atoms with Gasteiger partial charge in [-0.05, 0) is 57.8 Å². The van der Waals surface area contributed by atoms with Crippen molar-refractivity contribution in [3.05, 3.63) is 15.6 Å². The van der Waals surface area contributed by atoms with Gasteiger partial charge in [0.2, 0.25) is 0 Å². The maximum absolute atomic E-state index is 4.90. The number of aromatic nitrogens is 1. The summed E-state index contributed by atoms with van der Waals surface area (Å²) < 4.78 is 0. The van der Waals surface area contributed by atoms with Gasteiger partial charge in [-0.3, -0.25) is 0 Å². The van der Waals surface area contributed by atoms with Crippen molar-refractivity contribution >= 4 is 11.3 Å². The van der Waals surface area contributed by atoms with Crippen molar-refractivity contribution in [2.45, 2.75) is 71.4 Å². The second-order valence-corrected chi connectivity index (χ2v) is 8.06. The Bertz CT molecular complexity index is 444. The third-order valence-electron chi connectivity index (χ3n) is 5.16. The van der Waals surface area contributed by atoms with Gasteiger partial charge < -0.3 is 5.32 Å². The second kappa shape index (κ2) is 4.85. The topological polar surface area (TPSA) is 24.9 Å². The van der Waals surface area contributed by atoms with Crippen molar-refractivity contribution in [1.82, 2.24) is 10.3 Å². The Kier molecular flexibility index (Phi) is 3.46. The van der Waals surface area contributed by atoms with Gasteiger partial charge in [-0.1, -0.05) is 13.8 Å². The van der Waals surface area contributed by atoms with Gasteiger partial charge in [0.15, 0.2) is 0 Å². The lowest BCUT2D eigenvalue weighted by molar-refractivity contribution is 0.138. The molecule has 0 aromatic carbocycles. The van der Waals surface area contributed by atoms with Crippen molar-refractivity contribution in [1.29, 1.82) is 0 Å². The van der Waals surface area contributed by atoms with Crippen molar-refractivity contribution in [2.24, 2.45) is 11.8 Å². The minimum Gasteiger partial charge on any atom is -0.303 e. The summed E-state index contributed by atoms with van der Waals surface area (Å²) >= 11 is 1.92. The molecule has 1 aromatic heterocycles. The highest BCUT2D eigenvalue weighted by Crippen LogP contribution is 2.45. The first-order valence-corrected chi connectivity index (χ1v) is 8.54. The third kappa shape index (κ3) is 2.59. The minimum absolute atomic E-state index is 0.177. The summed E-state index contributed by atoms with van der Waals surface area (Å²) in [6.45, 7) is 9.18. The van der Waals surface area contributed by atoms with Crippen LogP contribution in [0.4, 0.5) is 0 Å². The Morgan fingerprint density at radius 1 is 1.16 bits per heavy atom. The van der Waals surface area contributed by atoms with E-state index in [2.05, 4.69) is 33.0 Å². The smallest absolute Gasteiger partial charge is 0.113 e. The molecule has 0 saturated heterocycles. The molecule has 2 aliphatic carbocycles. The average molecular weight is 278 g/mol. The summed E-state index contributed by atoms with van der Waals surface area (Å²) in [4.78, 5) is 6.29. The Labute approximate surface area is 121 Å². The largest absolute Gasteiger partial charge is 0.303 e. The lowest BCUT2D eigenvalue weighted by Gasteiger charge is -2.42. The van der Waals surface area contributed by atoms with E-state index in [9.17, 15) is 0 Å². The monoisotopic (exact) mass is 278 g/mol. The van der Waals surface area contributed by atoms with Gasteiger partial charge in [0.05, 0.1) is 11.2 Å². The van der Waals surface area contributed by atoms with Crippen LogP contribution in [0.3, 0.4) is 0 Å². The van der Waals surface area contributed by atoms with Crippen molar-refractivity contribution in [3.63, 3.8) is 0 Å². The van der Waals surface area contributed by atoms with Gasteiger partial charge in [0.25, 0.3) is 0 Å². The van der Waals surface area contributed by atoms with Gasteiger partial charge in [0, 0.05) is 10.9 Å². The van der Waals surface area contributed by atoms with Crippen LogP contribution in [0.15, 0.2) is 0 Å². The van der Waals surface area contributed by atoms with Gasteiger partial charge >= 0.3 is 0 Å². The van der Waals surface area contributed by atoms with Crippen LogP contribution in [0.25, 0.3) is 0 Å². The summed E-state index contributed by atoms with van der Waals surface area (Å²) in [7, 11) is 0. The van der Waals surface area contributed by atoms with Crippen LogP contribution in [0.2, 0.25) is 0 Å². The second-order valence-electron chi connectivity index (χ2n) is 6.86. The highest BCUT2D eigenvalue weighted by atomic mass is 32.1. The first kappa shape index (κ1) is 13.6. The Morgan fingerprint density at radius 3 is 2.42 bits per heavy atom. The van der Waals surface area contributed by atoms with Crippen LogP contribution in [0, 0.1) is 25.7 Å². The zero-order chi connectivity index (χ0) is 13.6. The molecule has 2 aliphatic rings. The summed E-state index contributed by atoms with van der Waals surface area (Å²) in [6.07, 6.45) is 6.57. The van der Waals surface area contributed by atoms with Gasteiger partial charge in [-0.15, -0.1) is 11.3 Å². The first-order chi connectivity index (χ1) is 9.00. The first-order valence-electron chi connectivity index (χ1n) is 7.72. The molecule has 0 aliphatic heterocycles. The molecular weight excluding hydrogens is 252 g/mol. The van der Waals surface area contributed by atoms with Crippen LogP contribution in [0.1, 0.15) is 61.5 Å². The summed E-state index contributed by atoms with van der Waals surface area (Å²) in [5.74, 6) is 1.65. The molecule has 3 unspecified atom stereocenters. The fraction of sp³-hybridized carbons (Fsp3) is 0.812. The highest BCUT2D eigenvalue weighted by Gasteiger charge is 2.44. The van der Waals surface area contributed by atoms with E-state index in [1.165, 1.54) is 47.7 Å². The standard InChI is InChI=1S/C16H26N2S/c1-10-7-8-16(9-11(10)2,18-14-5-6-14)15-17-12(3)13(4)19-15/h10-11,14,18H,5-9H2,1-4H3. The van der Waals surface area contributed by atoms with Gasteiger partial charge in [-0.25, -0.2) is 4.98 Å². The molecule has 0 bridgehead atoms. The van der Waals surface area contributed by atoms with Crippen molar-refractivity contribution < 1.29 is 0 Å². The number of hydrogen-bond donors (Lipinski definition) is 1. The molecule has 3 atom stereocenters. The molecule has 0 spiro atoms. The zero-order valence-corrected chi connectivity index (χ0v) is 13.4. The zero-order valence-electron chi connectivity index (χ0n) is 12.6.